The van der Waals surface area contributed by atoms with E-state index in [0.717, 1.165) is 18.5 Å². The molecule has 27 heavy (non-hydrogen) atoms. The third-order valence-electron chi connectivity index (χ3n) is 4.95. The molecule has 0 aliphatic carbocycles. The van der Waals surface area contributed by atoms with Crippen LogP contribution in [0.25, 0.3) is 11.1 Å². The fourth-order valence-electron chi connectivity index (χ4n) is 3.30. The molecule has 0 aliphatic rings. The zero-order valence-electron chi connectivity index (χ0n) is 15.9. The van der Waals surface area contributed by atoms with Crippen molar-refractivity contribution in [3.8, 4) is 11.1 Å². The summed E-state index contributed by atoms with van der Waals surface area (Å²) in [6.07, 6.45) is 3.38. The molecule has 1 heterocycles. The lowest BCUT2D eigenvalue weighted by molar-refractivity contribution is 0.661. The first-order valence-electron chi connectivity index (χ1n) is 9.09. The molecule has 3 aromatic rings. The highest BCUT2D eigenvalue weighted by molar-refractivity contribution is 5.67. The Morgan fingerprint density at radius 3 is 2.52 bits per heavy atom. The van der Waals surface area contributed by atoms with Gasteiger partial charge in [0.05, 0.1) is 5.69 Å². The summed E-state index contributed by atoms with van der Waals surface area (Å²) in [6.45, 7) is 5.97. The van der Waals surface area contributed by atoms with Crippen molar-refractivity contribution in [1.29, 1.82) is 0 Å². The molecule has 0 saturated heterocycles. The predicted molar refractivity (Wildman–Crippen MR) is 112 cm³/mol. The van der Waals surface area contributed by atoms with Gasteiger partial charge < -0.3 is 5.73 Å². The van der Waals surface area contributed by atoms with Crippen LogP contribution in [0.5, 0.6) is 0 Å². The first-order chi connectivity index (χ1) is 13.0. The normalized spacial score (nSPS) is 11.9. The summed E-state index contributed by atoms with van der Waals surface area (Å²) in [5, 5.41) is 0. The number of nitrogen functional groups attached to an aromatic ring is 1. The molecular formula is C23H25N3O. The summed E-state index contributed by atoms with van der Waals surface area (Å²) in [4.78, 5) is 16.5. The van der Waals surface area contributed by atoms with Crippen molar-refractivity contribution < 1.29 is 0 Å². The topological polar surface area (TPSA) is 60.9 Å². The molecule has 0 radical (unpaired) electrons. The maximum atomic E-state index is 12.1. The highest BCUT2D eigenvalue weighted by Gasteiger charge is 2.15. The van der Waals surface area contributed by atoms with Crippen LogP contribution in [-0.2, 0) is 13.5 Å². The van der Waals surface area contributed by atoms with Crippen molar-refractivity contribution in [3.63, 3.8) is 0 Å². The van der Waals surface area contributed by atoms with Gasteiger partial charge in [0.1, 0.15) is 0 Å². The van der Waals surface area contributed by atoms with Crippen molar-refractivity contribution >= 4 is 5.95 Å². The second-order valence-electron chi connectivity index (χ2n) is 6.87. The molecule has 1 atom stereocenters. The van der Waals surface area contributed by atoms with E-state index in [2.05, 4.69) is 67.0 Å². The quantitative estimate of drug-likeness (QED) is 0.670. The molecule has 138 valence electrons. The molecule has 4 heteroatoms. The van der Waals surface area contributed by atoms with Crippen LogP contribution in [-0.4, -0.2) is 9.55 Å². The van der Waals surface area contributed by atoms with Gasteiger partial charge in [-0.05, 0) is 42.0 Å². The predicted octanol–water partition coefficient (Wildman–Crippen LogP) is 4.24. The number of hydrogen-bond acceptors (Lipinski definition) is 3. The molecule has 1 unspecified atom stereocenters. The van der Waals surface area contributed by atoms with Crippen LogP contribution in [0.4, 0.5) is 5.95 Å². The van der Waals surface area contributed by atoms with E-state index in [-0.39, 0.29) is 17.4 Å². The molecule has 4 nitrogen and oxygen atoms in total. The Morgan fingerprint density at radius 1 is 1.19 bits per heavy atom. The van der Waals surface area contributed by atoms with Gasteiger partial charge in [0, 0.05) is 19.0 Å². The van der Waals surface area contributed by atoms with E-state index in [1.807, 2.05) is 6.08 Å². The molecule has 0 saturated carbocycles. The minimum atomic E-state index is -0.138. The summed E-state index contributed by atoms with van der Waals surface area (Å²) < 4.78 is 1.35. The first-order valence-corrected chi connectivity index (χ1v) is 9.09. The van der Waals surface area contributed by atoms with Gasteiger partial charge in [0.2, 0.25) is 5.95 Å². The second-order valence-corrected chi connectivity index (χ2v) is 6.87. The van der Waals surface area contributed by atoms with Gasteiger partial charge in [-0.25, -0.2) is 4.98 Å². The molecule has 0 spiro atoms. The van der Waals surface area contributed by atoms with Gasteiger partial charge in [-0.15, -0.1) is 6.58 Å². The van der Waals surface area contributed by atoms with E-state index in [1.165, 1.54) is 26.8 Å². The number of hydrogen-bond donors (Lipinski definition) is 1. The fourth-order valence-corrected chi connectivity index (χ4v) is 3.30. The first kappa shape index (κ1) is 18.6. The van der Waals surface area contributed by atoms with Gasteiger partial charge >= 0.3 is 0 Å². The highest BCUT2D eigenvalue weighted by atomic mass is 16.1. The van der Waals surface area contributed by atoms with Crippen LogP contribution in [0.3, 0.4) is 0 Å². The van der Waals surface area contributed by atoms with Crippen LogP contribution in [0.1, 0.15) is 29.2 Å². The molecule has 0 aliphatic heterocycles. The molecule has 0 fully saturated rings. The summed E-state index contributed by atoms with van der Waals surface area (Å²) in [5.74, 6) is 0.310. The minimum Gasteiger partial charge on any atom is -0.369 e. The smallest absolute Gasteiger partial charge is 0.254 e. The Bertz CT molecular complexity index is 1000. The lowest BCUT2D eigenvalue weighted by Crippen LogP contribution is -2.23. The number of benzene rings is 2. The van der Waals surface area contributed by atoms with Crippen LogP contribution >= 0.6 is 0 Å². The Balaban J connectivity index is 1.86. The molecule has 0 bridgehead atoms. The largest absolute Gasteiger partial charge is 0.369 e. The summed E-state index contributed by atoms with van der Waals surface area (Å²) >= 11 is 0. The van der Waals surface area contributed by atoms with E-state index >= 15 is 0 Å². The molecule has 0 amide bonds. The Kier molecular flexibility index (Phi) is 5.55. The number of allylic oxidation sites excluding steroid dienone is 1. The van der Waals surface area contributed by atoms with Gasteiger partial charge in [-0.1, -0.05) is 54.6 Å². The van der Waals surface area contributed by atoms with Crippen molar-refractivity contribution in [3.05, 3.63) is 94.4 Å². The zero-order valence-corrected chi connectivity index (χ0v) is 15.9. The third-order valence-corrected chi connectivity index (χ3v) is 4.95. The molecule has 2 aromatic carbocycles. The summed E-state index contributed by atoms with van der Waals surface area (Å²) in [6, 6.07) is 18.5. The highest BCUT2D eigenvalue weighted by Crippen LogP contribution is 2.27. The van der Waals surface area contributed by atoms with Crippen molar-refractivity contribution in [2.24, 2.45) is 7.05 Å². The van der Waals surface area contributed by atoms with E-state index < -0.39 is 0 Å². The number of anilines is 1. The van der Waals surface area contributed by atoms with Crippen molar-refractivity contribution in [2.75, 3.05) is 5.73 Å². The number of aryl methyl sites for hydroxylation is 1. The Hall–Kier alpha value is -3.14. The number of nitrogens with two attached hydrogens (primary N) is 1. The monoisotopic (exact) mass is 359 g/mol. The molecule has 1 aromatic heterocycles. The SMILES string of the molecule is C=CCC(Cc1ccc(-c2ccccc2C)cc1)c1cc(=O)n(C)c(N)n1. The number of aromatic nitrogens is 2. The lowest BCUT2D eigenvalue weighted by atomic mass is 9.91. The molecule has 2 N–H and O–H groups in total. The fraction of sp³-hybridized carbons (Fsp3) is 0.217. The molecule has 3 rings (SSSR count). The van der Waals surface area contributed by atoms with Crippen LogP contribution in [0.15, 0.2) is 72.0 Å². The Labute approximate surface area is 160 Å². The average molecular weight is 359 g/mol. The maximum absolute atomic E-state index is 12.1. The summed E-state index contributed by atoms with van der Waals surface area (Å²) in [7, 11) is 1.63. The summed E-state index contributed by atoms with van der Waals surface area (Å²) in [5.41, 5.74) is 11.4. The van der Waals surface area contributed by atoms with Crippen molar-refractivity contribution in [1.82, 2.24) is 9.55 Å². The standard InChI is InChI=1S/C23H25N3O/c1-4-7-19(21-15-22(27)26(3)23(24)25-21)14-17-10-12-18(13-11-17)20-9-6-5-8-16(20)2/h4-6,8-13,15,19H,1,7,14H2,2-3H3,(H2,24,25). The lowest BCUT2D eigenvalue weighted by Gasteiger charge is -2.16. The van der Waals surface area contributed by atoms with E-state index in [9.17, 15) is 4.79 Å². The van der Waals surface area contributed by atoms with Crippen molar-refractivity contribution in [2.45, 2.75) is 25.7 Å². The van der Waals surface area contributed by atoms with Crippen LogP contribution in [0, 0.1) is 6.92 Å². The van der Waals surface area contributed by atoms with Gasteiger partial charge in [0.15, 0.2) is 0 Å². The van der Waals surface area contributed by atoms with Gasteiger partial charge in [0.25, 0.3) is 5.56 Å². The number of nitrogens with zero attached hydrogens (tertiary/aromatic N) is 2. The van der Waals surface area contributed by atoms with E-state index in [4.69, 9.17) is 5.73 Å². The minimum absolute atomic E-state index is 0.0722. The van der Waals surface area contributed by atoms with Crippen LogP contribution < -0.4 is 11.3 Å². The second kappa shape index (κ2) is 8.04. The van der Waals surface area contributed by atoms with Gasteiger partial charge in [-0.3, -0.25) is 9.36 Å². The third kappa shape index (κ3) is 4.17. The molecular weight excluding hydrogens is 334 g/mol. The maximum Gasteiger partial charge on any atom is 0.254 e. The number of rotatable bonds is 6. The zero-order chi connectivity index (χ0) is 19.4. The van der Waals surface area contributed by atoms with Gasteiger partial charge in [-0.2, -0.15) is 0 Å². The van der Waals surface area contributed by atoms with E-state index in [0.29, 0.717) is 0 Å². The van der Waals surface area contributed by atoms with Crippen LogP contribution in [0.2, 0.25) is 0 Å². The average Bonchev–Trinajstić information content (AvgIpc) is 2.66. The van der Waals surface area contributed by atoms with E-state index in [1.54, 1.807) is 13.1 Å². The Morgan fingerprint density at radius 2 is 1.89 bits per heavy atom.